The fourth-order valence-corrected chi connectivity index (χ4v) is 1.58. The van der Waals surface area contributed by atoms with Crippen LogP contribution in [0.1, 0.15) is 18.1 Å². The molecule has 0 aromatic heterocycles. The highest BCUT2D eigenvalue weighted by Crippen LogP contribution is 2.22. The molecule has 2 N–H and O–H groups in total. The maximum atomic E-state index is 12.5. The van der Waals surface area contributed by atoms with Crippen LogP contribution in [-0.4, -0.2) is 12.0 Å². The summed E-state index contributed by atoms with van der Waals surface area (Å²) < 4.78 is 26.1. The molecule has 15 heavy (non-hydrogen) atoms. The van der Waals surface area contributed by atoms with Crippen molar-refractivity contribution in [2.24, 2.45) is 5.73 Å². The summed E-state index contributed by atoms with van der Waals surface area (Å²) in [6.45, 7) is 3.29. The van der Waals surface area contributed by atoms with Crippen LogP contribution in [0.4, 0.5) is 8.78 Å². The Hall–Kier alpha value is -0.480. The second-order valence-electron chi connectivity index (χ2n) is 4.07. The SMILES string of the molecule is Cc1cc(CC(C)(N)C(F)F)ccc1Br. The van der Waals surface area contributed by atoms with Crippen LogP contribution < -0.4 is 5.73 Å². The quantitative estimate of drug-likeness (QED) is 0.902. The van der Waals surface area contributed by atoms with Gasteiger partial charge in [-0.05, 0) is 37.5 Å². The molecule has 1 aromatic carbocycles. The van der Waals surface area contributed by atoms with Gasteiger partial charge in [-0.3, -0.25) is 0 Å². The molecule has 0 saturated carbocycles. The first-order valence-electron chi connectivity index (χ1n) is 4.65. The molecule has 1 aromatic rings. The van der Waals surface area contributed by atoms with E-state index in [2.05, 4.69) is 15.9 Å². The molecule has 0 heterocycles. The Kier molecular flexibility index (Phi) is 3.84. The van der Waals surface area contributed by atoms with E-state index in [9.17, 15) is 8.78 Å². The average Bonchev–Trinajstić information content (AvgIpc) is 2.10. The van der Waals surface area contributed by atoms with Crippen LogP contribution in [0.25, 0.3) is 0 Å². The molecule has 0 aliphatic heterocycles. The summed E-state index contributed by atoms with van der Waals surface area (Å²) in [5, 5.41) is 0. The van der Waals surface area contributed by atoms with E-state index in [0.717, 1.165) is 15.6 Å². The van der Waals surface area contributed by atoms with Crippen molar-refractivity contribution in [3.63, 3.8) is 0 Å². The maximum absolute atomic E-state index is 12.5. The van der Waals surface area contributed by atoms with E-state index in [1.54, 1.807) is 0 Å². The van der Waals surface area contributed by atoms with Gasteiger partial charge in [0.05, 0.1) is 5.54 Å². The van der Waals surface area contributed by atoms with Crippen molar-refractivity contribution < 1.29 is 8.78 Å². The van der Waals surface area contributed by atoms with E-state index in [-0.39, 0.29) is 6.42 Å². The first kappa shape index (κ1) is 12.6. The minimum absolute atomic E-state index is 0.179. The third-order valence-electron chi connectivity index (χ3n) is 2.31. The molecule has 0 spiro atoms. The van der Waals surface area contributed by atoms with Gasteiger partial charge in [0.15, 0.2) is 0 Å². The zero-order valence-electron chi connectivity index (χ0n) is 8.73. The highest BCUT2D eigenvalue weighted by Gasteiger charge is 2.30. The summed E-state index contributed by atoms with van der Waals surface area (Å²) in [4.78, 5) is 0. The predicted octanol–water partition coefficient (Wildman–Crippen LogP) is 3.28. The maximum Gasteiger partial charge on any atom is 0.256 e. The Labute approximate surface area is 96.8 Å². The van der Waals surface area contributed by atoms with Gasteiger partial charge in [-0.2, -0.15) is 0 Å². The Morgan fingerprint density at radius 3 is 2.53 bits per heavy atom. The normalized spacial score (nSPS) is 15.4. The van der Waals surface area contributed by atoms with Crippen LogP contribution in [0, 0.1) is 6.92 Å². The van der Waals surface area contributed by atoms with Gasteiger partial charge in [0, 0.05) is 4.47 Å². The van der Waals surface area contributed by atoms with Gasteiger partial charge in [-0.1, -0.05) is 28.1 Å². The number of nitrogens with two attached hydrogens (primary N) is 1. The minimum atomic E-state index is -2.51. The van der Waals surface area contributed by atoms with Crippen molar-refractivity contribution >= 4 is 15.9 Å². The molecule has 0 saturated heterocycles. The number of alkyl halides is 2. The van der Waals surface area contributed by atoms with Gasteiger partial charge in [0.25, 0.3) is 6.43 Å². The van der Waals surface area contributed by atoms with Crippen LogP contribution in [0.2, 0.25) is 0 Å². The molecule has 84 valence electrons. The molecule has 1 rings (SSSR count). The summed E-state index contributed by atoms with van der Waals surface area (Å²) in [6.07, 6.45) is -2.33. The van der Waals surface area contributed by atoms with E-state index in [1.807, 2.05) is 25.1 Å². The molecule has 0 aliphatic rings. The Morgan fingerprint density at radius 2 is 2.07 bits per heavy atom. The van der Waals surface area contributed by atoms with Gasteiger partial charge in [0.2, 0.25) is 0 Å². The van der Waals surface area contributed by atoms with Crippen molar-refractivity contribution in [2.75, 3.05) is 0 Å². The van der Waals surface area contributed by atoms with Gasteiger partial charge in [-0.15, -0.1) is 0 Å². The topological polar surface area (TPSA) is 26.0 Å². The second-order valence-corrected chi connectivity index (χ2v) is 4.92. The Morgan fingerprint density at radius 1 is 1.47 bits per heavy atom. The third-order valence-corrected chi connectivity index (χ3v) is 3.20. The van der Waals surface area contributed by atoms with Crippen molar-refractivity contribution in [3.8, 4) is 0 Å². The summed E-state index contributed by atoms with van der Waals surface area (Å²) in [7, 11) is 0. The molecule has 0 bridgehead atoms. The number of hydrogen-bond acceptors (Lipinski definition) is 1. The van der Waals surface area contributed by atoms with E-state index in [4.69, 9.17) is 5.73 Å². The van der Waals surface area contributed by atoms with Crippen molar-refractivity contribution in [1.29, 1.82) is 0 Å². The summed E-state index contributed by atoms with van der Waals surface area (Å²) >= 11 is 3.36. The number of rotatable bonds is 3. The highest BCUT2D eigenvalue weighted by atomic mass is 79.9. The molecule has 0 fully saturated rings. The van der Waals surface area contributed by atoms with Crippen LogP contribution in [0.3, 0.4) is 0 Å². The van der Waals surface area contributed by atoms with Crippen molar-refractivity contribution in [1.82, 2.24) is 0 Å². The lowest BCUT2D eigenvalue weighted by Gasteiger charge is -2.23. The molecule has 0 amide bonds. The van der Waals surface area contributed by atoms with Crippen LogP contribution in [0.15, 0.2) is 22.7 Å². The van der Waals surface area contributed by atoms with Crippen LogP contribution in [0.5, 0.6) is 0 Å². The molecule has 1 nitrogen and oxygen atoms in total. The Balaban J connectivity index is 2.86. The minimum Gasteiger partial charge on any atom is -0.320 e. The average molecular weight is 278 g/mol. The standard InChI is InChI=1S/C11H14BrF2N/c1-7-5-8(3-4-9(7)12)6-11(2,15)10(13)14/h3-5,10H,6,15H2,1-2H3. The molecule has 4 heteroatoms. The number of halogens is 3. The second kappa shape index (κ2) is 4.58. The molecule has 0 radical (unpaired) electrons. The predicted molar refractivity (Wildman–Crippen MR) is 61.2 cm³/mol. The first-order valence-corrected chi connectivity index (χ1v) is 5.44. The smallest absolute Gasteiger partial charge is 0.256 e. The number of hydrogen-bond donors (Lipinski definition) is 1. The largest absolute Gasteiger partial charge is 0.320 e. The monoisotopic (exact) mass is 277 g/mol. The summed E-state index contributed by atoms with van der Waals surface area (Å²) in [5.41, 5.74) is 5.92. The van der Waals surface area contributed by atoms with E-state index >= 15 is 0 Å². The van der Waals surface area contributed by atoms with Gasteiger partial charge < -0.3 is 5.73 Å². The van der Waals surface area contributed by atoms with E-state index in [0.29, 0.717) is 0 Å². The van der Waals surface area contributed by atoms with Crippen molar-refractivity contribution in [2.45, 2.75) is 32.2 Å². The van der Waals surface area contributed by atoms with Gasteiger partial charge in [-0.25, -0.2) is 8.78 Å². The van der Waals surface area contributed by atoms with E-state index in [1.165, 1.54) is 6.92 Å². The fraction of sp³-hybridized carbons (Fsp3) is 0.455. The number of aryl methyl sites for hydroxylation is 1. The summed E-state index contributed by atoms with van der Waals surface area (Å²) in [6, 6.07) is 5.54. The molecular weight excluding hydrogens is 264 g/mol. The van der Waals surface area contributed by atoms with Crippen LogP contribution in [-0.2, 0) is 6.42 Å². The Bertz CT molecular complexity index is 350. The summed E-state index contributed by atoms with van der Waals surface area (Å²) in [5.74, 6) is 0. The lowest BCUT2D eigenvalue weighted by Crippen LogP contribution is -2.45. The molecule has 0 aliphatic carbocycles. The van der Waals surface area contributed by atoms with Crippen LogP contribution >= 0.6 is 15.9 Å². The zero-order valence-corrected chi connectivity index (χ0v) is 10.3. The van der Waals surface area contributed by atoms with Gasteiger partial charge >= 0.3 is 0 Å². The molecule has 1 atom stereocenters. The van der Waals surface area contributed by atoms with Gasteiger partial charge in [0.1, 0.15) is 0 Å². The zero-order chi connectivity index (χ0) is 11.6. The lowest BCUT2D eigenvalue weighted by molar-refractivity contribution is 0.0639. The first-order chi connectivity index (χ1) is 6.83. The number of benzene rings is 1. The molecular formula is C11H14BrF2N. The third kappa shape index (κ3) is 3.24. The fourth-order valence-electron chi connectivity index (χ4n) is 1.33. The molecule has 1 unspecified atom stereocenters. The van der Waals surface area contributed by atoms with E-state index < -0.39 is 12.0 Å². The highest BCUT2D eigenvalue weighted by molar-refractivity contribution is 9.10. The lowest BCUT2D eigenvalue weighted by atomic mass is 9.94. The van der Waals surface area contributed by atoms with Crippen molar-refractivity contribution in [3.05, 3.63) is 33.8 Å².